The fourth-order valence-corrected chi connectivity index (χ4v) is 3.93. The van der Waals surface area contributed by atoms with Crippen molar-refractivity contribution in [2.24, 2.45) is 0 Å². The van der Waals surface area contributed by atoms with E-state index in [0.29, 0.717) is 22.8 Å². The maximum atomic E-state index is 12.3. The number of hydrogen-bond acceptors (Lipinski definition) is 5. The lowest BCUT2D eigenvalue weighted by Gasteiger charge is -2.22. The predicted octanol–water partition coefficient (Wildman–Crippen LogP) is 3.63. The Hall–Kier alpha value is -3.85. The van der Waals surface area contributed by atoms with Crippen LogP contribution in [0.2, 0.25) is 0 Å². The van der Waals surface area contributed by atoms with Crippen LogP contribution in [0.5, 0.6) is 5.75 Å². The van der Waals surface area contributed by atoms with Gasteiger partial charge in [-0.2, -0.15) is 0 Å². The highest BCUT2D eigenvalue weighted by Crippen LogP contribution is 2.24. The van der Waals surface area contributed by atoms with Crippen LogP contribution in [0.25, 0.3) is 0 Å². The molecule has 33 heavy (non-hydrogen) atoms. The van der Waals surface area contributed by atoms with Crippen molar-refractivity contribution in [3.05, 3.63) is 84.4 Å². The highest BCUT2D eigenvalue weighted by molar-refractivity contribution is 7.92. The normalized spacial score (nSPS) is 10.8. The molecule has 3 aromatic carbocycles. The van der Waals surface area contributed by atoms with E-state index in [1.807, 2.05) is 30.3 Å². The Balaban J connectivity index is 1.58. The zero-order valence-electron chi connectivity index (χ0n) is 18.3. The Morgan fingerprint density at radius 1 is 0.848 bits per heavy atom. The van der Waals surface area contributed by atoms with Crippen molar-refractivity contribution >= 4 is 38.9 Å². The second kappa shape index (κ2) is 10.6. The van der Waals surface area contributed by atoms with Gasteiger partial charge < -0.3 is 15.4 Å². The zero-order chi connectivity index (χ0) is 23.8. The first-order chi connectivity index (χ1) is 15.7. The summed E-state index contributed by atoms with van der Waals surface area (Å²) in [5, 5.41) is 5.35. The van der Waals surface area contributed by atoms with Gasteiger partial charge in [0.15, 0.2) is 6.61 Å². The summed E-state index contributed by atoms with van der Waals surface area (Å²) in [6.07, 6.45) is 1.16. The van der Waals surface area contributed by atoms with E-state index in [9.17, 15) is 18.0 Å². The number of carbonyl (C=O) groups excluding carboxylic acids is 2. The molecule has 0 heterocycles. The van der Waals surface area contributed by atoms with Crippen molar-refractivity contribution in [2.45, 2.75) is 13.5 Å². The smallest absolute Gasteiger partial charge is 0.262 e. The number of benzene rings is 3. The van der Waals surface area contributed by atoms with Crippen molar-refractivity contribution in [3.63, 3.8) is 0 Å². The van der Waals surface area contributed by atoms with Gasteiger partial charge in [-0.15, -0.1) is 0 Å². The molecule has 0 unspecified atom stereocenters. The zero-order valence-corrected chi connectivity index (χ0v) is 19.1. The van der Waals surface area contributed by atoms with Gasteiger partial charge in [-0.3, -0.25) is 13.9 Å². The van der Waals surface area contributed by atoms with Gasteiger partial charge in [0.05, 0.1) is 18.5 Å². The Morgan fingerprint density at radius 2 is 1.42 bits per heavy atom. The monoisotopic (exact) mass is 467 g/mol. The SMILES string of the molecule is CC(=O)Nc1ccc(NC(=O)COc2ccc(N(Cc3ccccc3)S(C)(=O)=O)cc2)cc1. The molecule has 0 aliphatic carbocycles. The third-order valence-electron chi connectivity index (χ3n) is 4.55. The minimum absolute atomic E-state index is 0.175. The minimum Gasteiger partial charge on any atom is -0.484 e. The highest BCUT2D eigenvalue weighted by Gasteiger charge is 2.18. The summed E-state index contributed by atoms with van der Waals surface area (Å²) in [6.45, 7) is 1.41. The third kappa shape index (κ3) is 7.36. The van der Waals surface area contributed by atoms with Gasteiger partial charge in [-0.25, -0.2) is 8.42 Å². The summed E-state index contributed by atoms with van der Waals surface area (Å²) in [6, 6.07) is 22.5. The van der Waals surface area contributed by atoms with Gasteiger partial charge in [0.25, 0.3) is 5.91 Å². The number of amides is 2. The molecule has 0 fully saturated rings. The van der Waals surface area contributed by atoms with Crippen molar-refractivity contribution in [3.8, 4) is 5.75 Å². The molecule has 0 aromatic heterocycles. The van der Waals surface area contributed by atoms with Gasteiger partial charge in [0.1, 0.15) is 5.75 Å². The lowest BCUT2D eigenvalue weighted by molar-refractivity contribution is -0.118. The molecule has 0 saturated carbocycles. The molecular weight excluding hydrogens is 442 g/mol. The van der Waals surface area contributed by atoms with Crippen LogP contribution in [-0.4, -0.2) is 33.1 Å². The average molecular weight is 468 g/mol. The van der Waals surface area contributed by atoms with Crippen molar-refractivity contribution < 1.29 is 22.7 Å². The fourth-order valence-electron chi connectivity index (χ4n) is 3.04. The van der Waals surface area contributed by atoms with Crippen LogP contribution in [-0.2, 0) is 26.2 Å². The Bertz CT molecular complexity index is 1200. The quantitative estimate of drug-likeness (QED) is 0.500. The van der Waals surface area contributed by atoms with Crippen molar-refractivity contribution in [1.29, 1.82) is 0 Å². The summed E-state index contributed by atoms with van der Waals surface area (Å²) < 4.78 is 31.4. The minimum atomic E-state index is -3.49. The first-order valence-corrected chi connectivity index (χ1v) is 12.0. The standard InChI is InChI=1S/C24H25N3O5S/c1-18(28)25-20-8-10-21(11-9-20)26-24(29)17-32-23-14-12-22(13-15-23)27(33(2,30)31)16-19-6-4-3-5-7-19/h3-15H,16-17H2,1-2H3,(H,25,28)(H,26,29). The van der Waals surface area contributed by atoms with Crippen molar-refractivity contribution in [2.75, 3.05) is 27.8 Å². The number of ether oxygens (including phenoxy) is 1. The van der Waals surface area contributed by atoms with Crippen LogP contribution in [0.1, 0.15) is 12.5 Å². The van der Waals surface area contributed by atoms with Crippen LogP contribution < -0.4 is 19.7 Å². The summed E-state index contributed by atoms with van der Waals surface area (Å²) in [7, 11) is -3.49. The fraction of sp³-hybridized carbons (Fsp3) is 0.167. The molecule has 2 amide bonds. The maximum absolute atomic E-state index is 12.3. The van der Waals surface area contributed by atoms with E-state index in [2.05, 4.69) is 10.6 Å². The van der Waals surface area contributed by atoms with E-state index >= 15 is 0 Å². The molecule has 0 aliphatic rings. The highest BCUT2D eigenvalue weighted by atomic mass is 32.2. The Kier molecular flexibility index (Phi) is 7.68. The van der Waals surface area contributed by atoms with Crippen LogP contribution in [0.4, 0.5) is 17.1 Å². The second-order valence-corrected chi connectivity index (χ2v) is 9.25. The predicted molar refractivity (Wildman–Crippen MR) is 129 cm³/mol. The molecular formula is C24H25N3O5S. The molecule has 0 radical (unpaired) electrons. The van der Waals surface area contributed by atoms with E-state index in [4.69, 9.17) is 4.74 Å². The Morgan fingerprint density at radius 3 is 1.97 bits per heavy atom. The lowest BCUT2D eigenvalue weighted by atomic mass is 10.2. The van der Waals surface area contributed by atoms with Crippen LogP contribution in [0, 0.1) is 0 Å². The van der Waals surface area contributed by atoms with Gasteiger partial charge in [0, 0.05) is 18.3 Å². The number of hydrogen-bond donors (Lipinski definition) is 2. The lowest BCUT2D eigenvalue weighted by Crippen LogP contribution is -2.29. The van der Waals surface area contributed by atoms with Crippen LogP contribution in [0.3, 0.4) is 0 Å². The molecule has 2 N–H and O–H groups in total. The van der Waals surface area contributed by atoms with E-state index in [1.165, 1.54) is 11.2 Å². The van der Waals surface area contributed by atoms with Gasteiger partial charge >= 0.3 is 0 Å². The molecule has 0 saturated heterocycles. The Labute approximate surface area is 193 Å². The van der Waals surface area contributed by atoms with Crippen molar-refractivity contribution in [1.82, 2.24) is 0 Å². The molecule has 0 aliphatic heterocycles. The van der Waals surface area contributed by atoms with E-state index in [1.54, 1.807) is 48.5 Å². The van der Waals surface area contributed by atoms with Crippen LogP contribution in [0.15, 0.2) is 78.9 Å². The molecule has 172 valence electrons. The topological polar surface area (TPSA) is 105 Å². The number of nitrogens with zero attached hydrogens (tertiary/aromatic N) is 1. The molecule has 3 rings (SSSR count). The number of rotatable bonds is 9. The largest absolute Gasteiger partial charge is 0.484 e. The summed E-state index contributed by atoms with van der Waals surface area (Å²) in [5.41, 5.74) is 2.56. The molecule has 8 nitrogen and oxygen atoms in total. The van der Waals surface area contributed by atoms with Gasteiger partial charge in [-0.05, 0) is 54.1 Å². The van der Waals surface area contributed by atoms with Gasteiger partial charge in [-0.1, -0.05) is 30.3 Å². The number of nitrogens with one attached hydrogen (secondary N) is 2. The molecule has 3 aromatic rings. The van der Waals surface area contributed by atoms with E-state index in [-0.39, 0.29) is 25.0 Å². The molecule has 0 bridgehead atoms. The van der Waals surface area contributed by atoms with Crippen LogP contribution >= 0.6 is 0 Å². The molecule has 0 spiro atoms. The third-order valence-corrected chi connectivity index (χ3v) is 5.69. The van der Waals surface area contributed by atoms with E-state index in [0.717, 1.165) is 11.8 Å². The number of anilines is 3. The molecule has 9 heteroatoms. The first kappa shape index (κ1) is 23.8. The summed E-state index contributed by atoms with van der Waals surface area (Å²) >= 11 is 0. The number of carbonyl (C=O) groups is 2. The first-order valence-electron chi connectivity index (χ1n) is 10.1. The molecule has 0 atom stereocenters. The second-order valence-electron chi connectivity index (χ2n) is 7.34. The average Bonchev–Trinajstić information content (AvgIpc) is 2.77. The van der Waals surface area contributed by atoms with Gasteiger partial charge in [0.2, 0.25) is 15.9 Å². The summed E-state index contributed by atoms with van der Waals surface area (Å²) in [5.74, 6) is -0.0952. The maximum Gasteiger partial charge on any atom is 0.262 e. The number of sulfonamides is 1. The summed E-state index contributed by atoms with van der Waals surface area (Å²) in [4.78, 5) is 23.2. The van der Waals surface area contributed by atoms with E-state index < -0.39 is 10.0 Å².